The van der Waals surface area contributed by atoms with Gasteiger partial charge in [0.2, 0.25) is 10.0 Å². The van der Waals surface area contributed by atoms with Gasteiger partial charge in [-0.15, -0.1) is 0 Å². The normalized spacial score (nSPS) is 22.7. The molecule has 0 heterocycles. The van der Waals surface area contributed by atoms with Gasteiger partial charge < -0.3 is 5.11 Å². The number of thioether (sulfide) groups is 1. The van der Waals surface area contributed by atoms with Gasteiger partial charge in [-0.3, -0.25) is 0 Å². The Morgan fingerprint density at radius 1 is 1.48 bits per heavy atom. The first-order valence-electron chi connectivity index (χ1n) is 6.53. The first-order chi connectivity index (χ1) is 9.89. The summed E-state index contributed by atoms with van der Waals surface area (Å²) in [6.07, 6.45) is 4.65. The van der Waals surface area contributed by atoms with Gasteiger partial charge in [-0.05, 0) is 31.2 Å². The Kier molecular flexibility index (Phi) is 5.54. The second kappa shape index (κ2) is 6.83. The van der Waals surface area contributed by atoms with E-state index in [2.05, 4.69) is 4.72 Å². The molecule has 8 heteroatoms. The van der Waals surface area contributed by atoms with Crippen molar-refractivity contribution in [3.63, 3.8) is 0 Å². The Hall–Kier alpha value is -0.340. The number of nitrogens with one attached hydrogen (secondary N) is 1. The van der Waals surface area contributed by atoms with Crippen molar-refractivity contribution in [1.82, 2.24) is 4.72 Å². The van der Waals surface area contributed by atoms with Crippen LogP contribution in [0.15, 0.2) is 17.0 Å². The van der Waals surface area contributed by atoms with Crippen LogP contribution in [0.1, 0.15) is 24.8 Å². The van der Waals surface area contributed by atoms with E-state index in [1.165, 1.54) is 6.07 Å². The van der Waals surface area contributed by atoms with Gasteiger partial charge in [0.1, 0.15) is 5.82 Å². The Labute approximate surface area is 133 Å². The summed E-state index contributed by atoms with van der Waals surface area (Å²) in [6, 6.07) is 1.94. The average molecular weight is 354 g/mol. The molecule has 2 N–H and O–H groups in total. The first kappa shape index (κ1) is 17.0. The minimum absolute atomic E-state index is 0.0601. The van der Waals surface area contributed by atoms with Gasteiger partial charge in [0.05, 0.1) is 16.5 Å². The lowest BCUT2D eigenvalue weighted by Gasteiger charge is -2.19. The largest absolute Gasteiger partial charge is 0.392 e. The van der Waals surface area contributed by atoms with Gasteiger partial charge in [-0.1, -0.05) is 18.0 Å². The van der Waals surface area contributed by atoms with Crippen LogP contribution in [0.2, 0.25) is 5.02 Å². The van der Waals surface area contributed by atoms with Crippen molar-refractivity contribution in [2.24, 2.45) is 0 Å². The molecule has 1 fully saturated rings. The van der Waals surface area contributed by atoms with E-state index in [1.54, 1.807) is 11.8 Å². The lowest BCUT2D eigenvalue weighted by molar-refractivity contribution is 0.281. The van der Waals surface area contributed by atoms with E-state index in [-0.39, 0.29) is 26.8 Å². The van der Waals surface area contributed by atoms with Crippen LogP contribution >= 0.6 is 23.4 Å². The summed E-state index contributed by atoms with van der Waals surface area (Å²) >= 11 is 7.31. The number of halogens is 2. The number of rotatable bonds is 5. The second-order valence-electron chi connectivity index (χ2n) is 4.97. The van der Waals surface area contributed by atoms with Gasteiger partial charge in [0.15, 0.2) is 0 Å². The number of hydrogen-bond acceptors (Lipinski definition) is 4. The third kappa shape index (κ3) is 3.71. The summed E-state index contributed by atoms with van der Waals surface area (Å²) < 4.78 is 41.0. The van der Waals surface area contributed by atoms with Crippen LogP contribution in [0, 0.1) is 5.82 Å². The number of hydrogen-bond donors (Lipinski definition) is 2. The van der Waals surface area contributed by atoms with Crippen LogP contribution in [0.5, 0.6) is 0 Å². The van der Waals surface area contributed by atoms with E-state index in [9.17, 15) is 12.8 Å². The lowest BCUT2D eigenvalue weighted by Crippen LogP contribution is -2.38. The van der Waals surface area contributed by atoms with Crippen LogP contribution in [0.4, 0.5) is 4.39 Å². The molecule has 2 unspecified atom stereocenters. The summed E-state index contributed by atoms with van der Waals surface area (Å²) in [5.41, 5.74) is 0.0601. The van der Waals surface area contributed by atoms with Gasteiger partial charge in [0, 0.05) is 16.9 Å². The summed E-state index contributed by atoms with van der Waals surface area (Å²) in [5, 5.41) is 9.11. The molecule has 1 aliphatic carbocycles. The van der Waals surface area contributed by atoms with Crippen molar-refractivity contribution in [1.29, 1.82) is 0 Å². The zero-order valence-electron chi connectivity index (χ0n) is 11.5. The van der Waals surface area contributed by atoms with Crippen LogP contribution in [-0.4, -0.2) is 31.1 Å². The smallest absolute Gasteiger partial charge is 0.240 e. The Morgan fingerprint density at radius 2 is 2.19 bits per heavy atom. The highest BCUT2D eigenvalue weighted by molar-refractivity contribution is 7.99. The second-order valence-corrected chi connectivity index (χ2v) is 8.14. The fraction of sp³-hybridized carbons (Fsp3) is 0.538. The zero-order valence-corrected chi connectivity index (χ0v) is 13.9. The van der Waals surface area contributed by atoms with E-state index in [0.717, 1.165) is 25.3 Å². The van der Waals surface area contributed by atoms with Crippen LogP contribution in [0.25, 0.3) is 0 Å². The predicted octanol–water partition coefficient (Wildman–Crippen LogP) is 2.53. The van der Waals surface area contributed by atoms with Crippen molar-refractivity contribution in [3.8, 4) is 0 Å². The quantitative estimate of drug-likeness (QED) is 0.853. The Bertz CT molecular complexity index is 624. The van der Waals surface area contributed by atoms with Crippen LogP contribution < -0.4 is 4.72 Å². The molecule has 21 heavy (non-hydrogen) atoms. The summed E-state index contributed by atoms with van der Waals surface area (Å²) in [4.78, 5) is -0.208. The van der Waals surface area contributed by atoms with Crippen molar-refractivity contribution < 1.29 is 17.9 Å². The van der Waals surface area contributed by atoms with Crippen molar-refractivity contribution in [3.05, 3.63) is 28.5 Å². The fourth-order valence-corrected chi connectivity index (χ4v) is 5.06. The van der Waals surface area contributed by atoms with Gasteiger partial charge in [0.25, 0.3) is 0 Å². The van der Waals surface area contributed by atoms with E-state index in [1.807, 2.05) is 6.26 Å². The minimum atomic E-state index is -3.83. The lowest BCUT2D eigenvalue weighted by atomic mass is 10.2. The van der Waals surface area contributed by atoms with E-state index < -0.39 is 22.4 Å². The van der Waals surface area contributed by atoms with Crippen LogP contribution in [-0.2, 0) is 16.6 Å². The topological polar surface area (TPSA) is 66.4 Å². The molecule has 4 nitrogen and oxygen atoms in total. The Morgan fingerprint density at radius 3 is 2.81 bits per heavy atom. The summed E-state index contributed by atoms with van der Waals surface area (Å²) in [5.74, 6) is -0.851. The zero-order chi connectivity index (χ0) is 15.6. The molecule has 0 aliphatic heterocycles. The standard InChI is InChI=1S/C13H17ClFNO3S2/c1-20-12-4-2-3-11(12)16-21(18,19)9-5-8(7-17)13(14)10(15)6-9/h5-6,11-12,16-17H,2-4,7H2,1H3. The average Bonchev–Trinajstić information content (AvgIpc) is 2.87. The molecule has 1 saturated carbocycles. The van der Waals surface area contributed by atoms with E-state index in [0.29, 0.717) is 0 Å². The molecule has 2 atom stereocenters. The van der Waals surface area contributed by atoms with Crippen molar-refractivity contribution in [2.75, 3.05) is 6.26 Å². The Balaban J connectivity index is 2.29. The molecule has 0 saturated heterocycles. The highest BCUT2D eigenvalue weighted by atomic mass is 35.5. The highest BCUT2D eigenvalue weighted by Crippen LogP contribution is 2.30. The van der Waals surface area contributed by atoms with Gasteiger partial charge in [-0.25, -0.2) is 17.5 Å². The van der Waals surface area contributed by atoms with E-state index in [4.69, 9.17) is 16.7 Å². The number of aliphatic hydroxyl groups excluding tert-OH is 1. The maximum absolute atomic E-state index is 13.7. The van der Waals surface area contributed by atoms with Crippen LogP contribution in [0.3, 0.4) is 0 Å². The first-order valence-corrected chi connectivity index (χ1v) is 9.68. The maximum atomic E-state index is 13.7. The summed E-state index contributed by atoms with van der Waals surface area (Å²) in [7, 11) is -3.83. The third-order valence-electron chi connectivity index (χ3n) is 3.62. The highest BCUT2D eigenvalue weighted by Gasteiger charge is 2.31. The molecule has 118 valence electrons. The van der Waals surface area contributed by atoms with Crippen molar-refractivity contribution in [2.45, 2.75) is 42.1 Å². The number of benzene rings is 1. The molecule has 0 bridgehead atoms. The molecule has 1 aromatic rings. The minimum Gasteiger partial charge on any atom is -0.392 e. The number of aliphatic hydroxyl groups is 1. The molecular weight excluding hydrogens is 337 g/mol. The summed E-state index contributed by atoms with van der Waals surface area (Å²) in [6.45, 7) is -0.518. The molecule has 0 aromatic heterocycles. The van der Waals surface area contributed by atoms with Gasteiger partial charge >= 0.3 is 0 Å². The number of sulfonamides is 1. The maximum Gasteiger partial charge on any atom is 0.240 e. The molecule has 0 amide bonds. The molecule has 0 radical (unpaired) electrons. The molecule has 1 aromatic carbocycles. The molecular formula is C13H17ClFNO3S2. The fourth-order valence-electron chi connectivity index (χ4n) is 2.50. The molecule has 1 aliphatic rings. The van der Waals surface area contributed by atoms with Crippen molar-refractivity contribution >= 4 is 33.4 Å². The molecule has 2 rings (SSSR count). The van der Waals surface area contributed by atoms with E-state index >= 15 is 0 Å². The predicted molar refractivity (Wildman–Crippen MR) is 82.6 cm³/mol. The monoisotopic (exact) mass is 353 g/mol. The third-order valence-corrected chi connectivity index (χ3v) is 6.68. The van der Waals surface area contributed by atoms with Gasteiger partial charge in [-0.2, -0.15) is 11.8 Å². The SMILES string of the molecule is CSC1CCCC1NS(=O)(=O)c1cc(F)c(Cl)c(CO)c1. The molecule has 0 spiro atoms.